The van der Waals surface area contributed by atoms with Crippen LogP contribution in [-0.2, 0) is 0 Å². The van der Waals surface area contributed by atoms with Crippen molar-refractivity contribution in [2.24, 2.45) is 10.8 Å². The second-order valence-corrected chi connectivity index (χ2v) is 11.7. The Balaban J connectivity index is 1.34. The number of rotatable bonds is 3. The Labute approximate surface area is 217 Å². The third kappa shape index (κ3) is 4.32. The van der Waals surface area contributed by atoms with Gasteiger partial charge in [-0.25, -0.2) is 9.97 Å². The SMILES string of the molecule is CC1(C)C[C@H]2C[C@](C)(CN2C(=S)Nc2ccc3nc(-c4ccccn4)c(-c4ccccn4)nc3c2)C1. The van der Waals surface area contributed by atoms with E-state index < -0.39 is 0 Å². The van der Waals surface area contributed by atoms with Gasteiger partial charge in [0.15, 0.2) is 5.11 Å². The molecule has 0 radical (unpaired) electrons. The largest absolute Gasteiger partial charge is 0.345 e. The number of pyridine rings is 2. The van der Waals surface area contributed by atoms with Gasteiger partial charge in [0, 0.05) is 30.7 Å². The highest BCUT2D eigenvalue weighted by atomic mass is 32.1. The molecule has 1 aromatic carbocycles. The van der Waals surface area contributed by atoms with Gasteiger partial charge in [-0.1, -0.05) is 32.9 Å². The number of thiocarbonyl (C=S) groups is 1. The lowest BCUT2D eigenvalue weighted by atomic mass is 9.65. The molecule has 1 aliphatic carbocycles. The van der Waals surface area contributed by atoms with Crippen LogP contribution >= 0.6 is 12.2 Å². The summed E-state index contributed by atoms with van der Waals surface area (Å²) in [5.74, 6) is 0. The lowest BCUT2D eigenvalue weighted by Crippen LogP contribution is -2.39. The van der Waals surface area contributed by atoms with Gasteiger partial charge in [-0.05, 0) is 84.8 Å². The molecule has 0 spiro atoms. The Kier molecular flexibility index (Phi) is 5.48. The number of likely N-dealkylation sites (tertiary alicyclic amines) is 1. The summed E-state index contributed by atoms with van der Waals surface area (Å²) in [6.07, 6.45) is 7.18. The standard InChI is InChI=1S/C29H30N6S/c1-28(2)15-20-16-29(3,17-28)18-35(20)27(36)32-19-10-11-21-24(14-19)34-26(23-9-5-7-13-31-23)25(33-21)22-8-4-6-12-30-22/h4-14,20H,15-18H2,1-3H3,(H,32,36)/t20-,29-/m0/s1. The number of fused-ring (bicyclic) bond motifs is 3. The number of benzene rings is 1. The van der Waals surface area contributed by atoms with Crippen LogP contribution < -0.4 is 5.32 Å². The van der Waals surface area contributed by atoms with Gasteiger partial charge in [0.05, 0.1) is 22.4 Å². The summed E-state index contributed by atoms with van der Waals surface area (Å²) in [6, 6.07) is 18.2. The quantitative estimate of drug-likeness (QED) is 0.333. The number of hydrogen-bond donors (Lipinski definition) is 1. The zero-order valence-electron chi connectivity index (χ0n) is 20.9. The van der Waals surface area contributed by atoms with Crippen LogP contribution in [0, 0.1) is 10.8 Å². The molecule has 182 valence electrons. The average molecular weight is 495 g/mol. The molecule has 2 atom stereocenters. The van der Waals surface area contributed by atoms with Crippen molar-refractivity contribution in [3.63, 3.8) is 0 Å². The van der Waals surface area contributed by atoms with E-state index in [0.29, 0.717) is 22.6 Å². The van der Waals surface area contributed by atoms with Crippen molar-refractivity contribution >= 4 is 34.1 Å². The van der Waals surface area contributed by atoms with Crippen molar-refractivity contribution in [2.75, 3.05) is 11.9 Å². The Bertz CT molecular complexity index is 1440. The molecule has 6 nitrogen and oxygen atoms in total. The highest BCUT2D eigenvalue weighted by Gasteiger charge is 2.50. The fourth-order valence-electron chi connectivity index (χ4n) is 6.39. The Morgan fingerprint density at radius 1 is 0.889 bits per heavy atom. The zero-order valence-corrected chi connectivity index (χ0v) is 21.7. The van der Waals surface area contributed by atoms with Crippen molar-refractivity contribution in [1.29, 1.82) is 0 Å². The molecule has 1 saturated heterocycles. The molecular formula is C29H30N6S. The highest BCUT2D eigenvalue weighted by molar-refractivity contribution is 7.80. The van der Waals surface area contributed by atoms with Gasteiger partial charge in [-0.3, -0.25) is 9.97 Å². The van der Waals surface area contributed by atoms with Crippen molar-refractivity contribution in [2.45, 2.75) is 46.1 Å². The van der Waals surface area contributed by atoms with E-state index in [9.17, 15) is 0 Å². The number of nitrogens with zero attached hydrogens (tertiary/aromatic N) is 5. The molecule has 2 fully saturated rings. The van der Waals surface area contributed by atoms with Crippen LogP contribution in [0.25, 0.3) is 33.8 Å². The minimum Gasteiger partial charge on any atom is -0.345 e. The normalized spacial score (nSPS) is 22.5. The van der Waals surface area contributed by atoms with E-state index in [0.717, 1.165) is 45.5 Å². The number of nitrogens with one attached hydrogen (secondary N) is 1. The maximum atomic E-state index is 5.91. The van der Waals surface area contributed by atoms with Crippen molar-refractivity contribution in [1.82, 2.24) is 24.8 Å². The fraction of sp³-hybridized carbons (Fsp3) is 0.345. The molecule has 4 heterocycles. The molecule has 7 heteroatoms. The molecule has 0 unspecified atom stereocenters. The van der Waals surface area contributed by atoms with E-state index in [4.69, 9.17) is 22.2 Å². The van der Waals surface area contributed by atoms with Crippen molar-refractivity contribution in [3.8, 4) is 22.8 Å². The summed E-state index contributed by atoms with van der Waals surface area (Å²) < 4.78 is 0. The summed E-state index contributed by atoms with van der Waals surface area (Å²) in [4.78, 5) is 21.4. The van der Waals surface area contributed by atoms with Gasteiger partial charge in [-0.15, -0.1) is 0 Å². The molecule has 4 aromatic rings. The van der Waals surface area contributed by atoms with Crippen molar-refractivity contribution in [3.05, 3.63) is 67.0 Å². The van der Waals surface area contributed by atoms with Gasteiger partial charge < -0.3 is 10.2 Å². The van der Waals surface area contributed by atoms with E-state index in [1.165, 1.54) is 19.3 Å². The van der Waals surface area contributed by atoms with E-state index >= 15 is 0 Å². The maximum absolute atomic E-state index is 5.91. The summed E-state index contributed by atoms with van der Waals surface area (Å²) in [5, 5.41) is 4.30. The average Bonchev–Trinajstić information content (AvgIpc) is 3.13. The predicted molar refractivity (Wildman–Crippen MR) is 148 cm³/mol. The topological polar surface area (TPSA) is 66.8 Å². The molecular weight excluding hydrogens is 464 g/mol. The summed E-state index contributed by atoms with van der Waals surface area (Å²) in [7, 11) is 0. The molecule has 2 bridgehead atoms. The van der Waals surface area contributed by atoms with Crippen LogP contribution in [0.5, 0.6) is 0 Å². The monoisotopic (exact) mass is 494 g/mol. The van der Waals surface area contributed by atoms with Crippen LogP contribution in [0.2, 0.25) is 0 Å². The second kappa shape index (κ2) is 8.59. The molecule has 1 saturated carbocycles. The van der Waals surface area contributed by atoms with Crippen molar-refractivity contribution < 1.29 is 0 Å². The lowest BCUT2D eigenvalue weighted by Gasteiger charge is -2.39. The van der Waals surface area contributed by atoms with Gasteiger partial charge in [-0.2, -0.15) is 0 Å². The summed E-state index contributed by atoms with van der Waals surface area (Å²) >= 11 is 5.91. The molecule has 0 amide bonds. The molecule has 1 N–H and O–H groups in total. The second-order valence-electron chi connectivity index (χ2n) is 11.3. The third-order valence-corrected chi connectivity index (χ3v) is 7.74. The maximum Gasteiger partial charge on any atom is 0.173 e. The molecule has 1 aliphatic heterocycles. The van der Waals surface area contributed by atoms with E-state index in [-0.39, 0.29) is 0 Å². The van der Waals surface area contributed by atoms with E-state index in [2.05, 4.69) is 41.0 Å². The first-order valence-corrected chi connectivity index (χ1v) is 12.9. The first-order chi connectivity index (χ1) is 17.3. The fourth-order valence-corrected chi connectivity index (χ4v) is 6.72. The summed E-state index contributed by atoms with van der Waals surface area (Å²) in [6.45, 7) is 8.20. The Morgan fingerprint density at radius 3 is 2.19 bits per heavy atom. The first kappa shape index (κ1) is 23.0. The first-order valence-electron chi connectivity index (χ1n) is 12.5. The predicted octanol–water partition coefficient (Wildman–Crippen LogP) is 6.35. The number of anilines is 1. The number of hydrogen-bond acceptors (Lipinski definition) is 5. The minimum atomic E-state index is 0.326. The highest BCUT2D eigenvalue weighted by Crippen LogP contribution is 2.52. The number of aromatic nitrogens is 4. The van der Waals surface area contributed by atoms with Gasteiger partial charge in [0.2, 0.25) is 0 Å². The molecule has 3 aromatic heterocycles. The third-order valence-electron chi connectivity index (χ3n) is 7.41. The van der Waals surface area contributed by atoms with Crippen LogP contribution in [0.15, 0.2) is 67.0 Å². The molecule has 36 heavy (non-hydrogen) atoms. The molecule has 2 aliphatic rings. The van der Waals surface area contributed by atoms with Crippen LogP contribution in [0.4, 0.5) is 5.69 Å². The van der Waals surface area contributed by atoms with Gasteiger partial charge >= 0.3 is 0 Å². The minimum absolute atomic E-state index is 0.326. The lowest BCUT2D eigenvalue weighted by molar-refractivity contribution is 0.132. The zero-order chi connectivity index (χ0) is 24.9. The van der Waals surface area contributed by atoms with E-state index in [1.807, 2.05) is 54.6 Å². The summed E-state index contributed by atoms with van der Waals surface area (Å²) in [5.41, 5.74) is 6.16. The smallest absolute Gasteiger partial charge is 0.173 e. The van der Waals surface area contributed by atoms with Crippen LogP contribution in [0.1, 0.15) is 40.0 Å². The Morgan fingerprint density at radius 2 is 1.56 bits per heavy atom. The molecule has 6 rings (SSSR count). The van der Waals surface area contributed by atoms with Crippen LogP contribution in [-0.4, -0.2) is 42.5 Å². The van der Waals surface area contributed by atoms with Gasteiger partial charge in [0.1, 0.15) is 11.4 Å². The van der Waals surface area contributed by atoms with Gasteiger partial charge in [0.25, 0.3) is 0 Å². The van der Waals surface area contributed by atoms with E-state index in [1.54, 1.807) is 12.4 Å². The van der Waals surface area contributed by atoms with Crippen LogP contribution in [0.3, 0.4) is 0 Å². The Hall–Kier alpha value is -3.45.